The number of nitrogens with one attached hydrogen (secondary N) is 2. The number of hydrogen-bond donors (Lipinski definition) is 3. The van der Waals surface area contributed by atoms with Crippen molar-refractivity contribution in [1.82, 2.24) is 40.1 Å². The predicted molar refractivity (Wildman–Crippen MR) is 225 cm³/mol. The minimum atomic E-state index is -0.991. The Morgan fingerprint density at radius 1 is 0.852 bits per heavy atom. The van der Waals surface area contributed by atoms with Crippen LogP contribution < -0.4 is 31.1 Å². The van der Waals surface area contributed by atoms with E-state index < -0.39 is 35.6 Å². The fourth-order valence-corrected chi connectivity index (χ4v) is 9.79. The molecule has 19 nitrogen and oxygen atoms in total. The molecule has 5 fully saturated rings. The first-order valence-corrected chi connectivity index (χ1v) is 21.2. The fraction of sp³-hybridized carbons (Fsp3) is 0.488. The fourth-order valence-electron chi connectivity index (χ4n) is 9.49. The topological polar surface area (TPSA) is 214 Å². The number of likely N-dealkylation sites (N-methyl/N-ethyl adjacent to an activating group) is 1. The maximum absolute atomic E-state index is 13.4. The van der Waals surface area contributed by atoms with Crippen molar-refractivity contribution >= 4 is 76.0 Å². The lowest BCUT2D eigenvalue weighted by Crippen LogP contribution is -2.54. The summed E-state index contributed by atoms with van der Waals surface area (Å²) in [6, 6.07) is 9.99. The average Bonchev–Trinajstić information content (AvgIpc) is 3.93. The summed E-state index contributed by atoms with van der Waals surface area (Å²) < 4.78 is 0. The second-order valence-corrected chi connectivity index (χ2v) is 17.1. The highest BCUT2D eigenvalue weighted by Crippen LogP contribution is 2.35. The number of urea groups is 1. The summed E-state index contributed by atoms with van der Waals surface area (Å²) >= 11 is 6.89. The Morgan fingerprint density at radius 3 is 2.39 bits per heavy atom. The first kappa shape index (κ1) is 40.3. The van der Waals surface area contributed by atoms with Gasteiger partial charge in [-0.05, 0) is 68.0 Å². The molecule has 1 unspecified atom stereocenters. The Hall–Kier alpha value is -6.08. The third-order valence-corrected chi connectivity index (χ3v) is 13.1. The van der Waals surface area contributed by atoms with Crippen molar-refractivity contribution in [2.24, 2.45) is 11.7 Å². The number of piperidine rings is 2. The smallest absolute Gasteiger partial charge is 0.320 e. The van der Waals surface area contributed by atoms with Gasteiger partial charge >= 0.3 is 6.03 Å². The second kappa shape index (κ2) is 16.4. The number of carbonyl (C=O) groups excluding carboxylic acids is 6. The normalized spacial score (nSPS) is 23.6. The predicted octanol–water partition coefficient (Wildman–Crippen LogP) is 1.75. The van der Waals surface area contributed by atoms with Gasteiger partial charge in [0.25, 0.3) is 17.7 Å². The average molecular weight is 854 g/mol. The number of imide groups is 2. The van der Waals surface area contributed by atoms with E-state index in [4.69, 9.17) is 17.3 Å². The number of primary amides is 1. The lowest BCUT2D eigenvalue weighted by atomic mass is 10.0. The van der Waals surface area contributed by atoms with Crippen LogP contribution in [0.2, 0.25) is 5.02 Å². The number of nitrogens with zero attached hydrogens (tertiary/aromatic N) is 10. The minimum absolute atomic E-state index is 0.0236. The number of nitrogens with two attached hydrogens (primary N) is 1. The molecule has 61 heavy (non-hydrogen) atoms. The van der Waals surface area contributed by atoms with Gasteiger partial charge in [-0.15, -0.1) is 10.2 Å². The van der Waals surface area contributed by atoms with E-state index in [1.807, 2.05) is 35.0 Å². The van der Waals surface area contributed by atoms with Crippen LogP contribution in [-0.4, -0.2) is 161 Å². The molecule has 20 heteroatoms. The molecule has 0 spiro atoms. The van der Waals surface area contributed by atoms with Crippen molar-refractivity contribution in [3.63, 3.8) is 0 Å². The summed E-state index contributed by atoms with van der Waals surface area (Å²) in [5.74, 6) is -1.85. The van der Waals surface area contributed by atoms with Crippen LogP contribution in [0.3, 0.4) is 0 Å². The molecule has 9 rings (SSSR count). The summed E-state index contributed by atoms with van der Waals surface area (Å²) in [5.41, 5.74) is 8.53. The van der Waals surface area contributed by atoms with E-state index in [0.29, 0.717) is 48.8 Å². The third-order valence-electron chi connectivity index (χ3n) is 12.8. The van der Waals surface area contributed by atoms with Crippen LogP contribution in [0.4, 0.5) is 33.6 Å². The van der Waals surface area contributed by atoms with E-state index in [0.717, 1.165) is 81.4 Å². The van der Waals surface area contributed by atoms with Crippen LogP contribution in [0.1, 0.15) is 63.3 Å². The van der Waals surface area contributed by atoms with Crippen LogP contribution in [0.15, 0.2) is 36.4 Å². The molecule has 0 saturated carbocycles. The monoisotopic (exact) mass is 853 g/mol. The quantitative estimate of drug-likeness (QED) is 0.248. The third kappa shape index (κ3) is 7.87. The summed E-state index contributed by atoms with van der Waals surface area (Å²) in [6.07, 6.45) is 2.93. The number of halogens is 1. The molecule has 0 aliphatic carbocycles. The van der Waals surface area contributed by atoms with E-state index in [9.17, 15) is 28.8 Å². The molecule has 0 bridgehead atoms. The maximum Gasteiger partial charge on any atom is 0.320 e. The van der Waals surface area contributed by atoms with Gasteiger partial charge in [0, 0.05) is 96.8 Å². The van der Waals surface area contributed by atoms with E-state index in [1.54, 1.807) is 23.1 Å². The first-order chi connectivity index (χ1) is 29.4. The van der Waals surface area contributed by atoms with Crippen molar-refractivity contribution in [3.05, 3.63) is 58.2 Å². The van der Waals surface area contributed by atoms with Crippen molar-refractivity contribution < 1.29 is 28.8 Å². The molecule has 6 aliphatic heterocycles. The maximum atomic E-state index is 13.4. The number of benzene rings is 2. The van der Waals surface area contributed by atoms with Gasteiger partial charge in [-0.1, -0.05) is 11.6 Å². The molecule has 2 aromatic carbocycles. The molecular weight excluding hydrogens is 806 g/mol. The van der Waals surface area contributed by atoms with Gasteiger partial charge in [0.1, 0.15) is 6.04 Å². The molecule has 7 heterocycles. The Morgan fingerprint density at radius 2 is 1.66 bits per heavy atom. The molecular formula is C41H48ClN13O6. The number of fused-ring (bicyclic) bond motifs is 1. The molecule has 320 valence electrons. The van der Waals surface area contributed by atoms with Gasteiger partial charge in [-0.3, -0.25) is 39.1 Å². The van der Waals surface area contributed by atoms with Gasteiger partial charge < -0.3 is 35.6 Å². The Balaban J connectivity index is 0.786. The van der Waals surface area contributed by atoms with E-state index in [2.05, 4.69) is 40.5 Å². The van der Waals surface area contributed by atoms with Gasteiger partial charge in [0.05, 0.1) is 27.9 Å². The molecule has 4 N–H and O–H groups in total. The number of amides is 7. The van der Waals surface area contributed by atoms with Crippen LogP contribution in [0.25, 0.3) is 0 Å². The van der Waals surface area contributed by atoms with Gasteiger partial charge in [-0.25, -0.2) is 4.79 Å². The first-order valence-electron chi connectivity index (χ1n) is 20.9. The molecule has 3 atom stereocenters. The van der Waals surface area contributed by atoms with Crippen LogP contribution in [0.5, 0.6) is 0 Å². The van der Waals surface area contributed by atoms with E-state index >= 15 is 0 Å². The van der Waals surface area contributed by atoms with E-state index in [-0.39, 0.29) is 47.6 Å². The van der Waals surface area contributed by atoms with Crippen molar-refractivity contribution in [2.45, 2.75) is 44.2 Å². The van der Waals surface area contributed by atoms with Gasteiger partial charge in [0.15, 0.2) is 11.5 Å². The molecule has 1 aromatic heterocycles. The zero-order valence-corrected chi connectivity index (χ0v) is 34.6. The highest BCUT2D eigenvalue weighted by molar-refractivity contribution is 6.33. The van der Waals surface area contributed by atoms with Crippen LogP contribution >= 0.6 is 11.6 Å². The largest absolute Gasteiger partial charge is 0.371 e. The Bertz CT molecular complexity index is 2310. The standard InChI is InChI=1S/C41H48ClN13O6/c1-49-13-18-54(41(49)61)27-3-2-11-53(23-27)40-46-36(34(35(43)57)47-48-40)44-25-4-7-31(30(42)19-25)51-16-14-50(15-17-51)21-24-10-12-52(22-24)26-5-6-28-29(20-26)39(60)55(38(28)59)32-8-9-33(56)45-37(32)58/h4-7,19-20,24,27,32H,2-3,8-18,21-23H2,1H3,(H2,43,57)(H,44,46,48)(H,45,56,58)/t24-,27-,32?/m1/s1. The summed E-state index contributed by atoms with van der Waals surface area (Å²) in [4.78, 5) is 94.0. The van der Waals surface area contributed by atoms with Gasteiger partial charge in [0.2, 0.25) is 17.8 Å². The highest BCUT2D eigenvalue weighted by Gasteiger charge is 2.45. The SMILES string of the molecule is CN1CCN([C@@H]2CCCN(c3nnc(C(N)=O)c(Nc4ccc(N5CCN(C[C@H]6CCN(c7ccc8c(c7)C(=O)N(C7CCC(=O)NC7=O)C8=O)C6)CC5)c(Cl)c4)n3)C2)C1=O. The molecule has 0 radical (unpaired) electrons. The molecule has 5 saturated heterocycles. The summed E-state index contributed by atoms with van der Waals surface area (Å²) in [5, 5.41) is 14.4. The zero-order chi connectivity index (χ0) is 42.5. The molecule has 7 amide bonds. The number of aromatic nitrogens is 3. The number of piperazine rings is 1. The van der Waals surface area contributed by atoms with Crippen molar-refractivity contribution in [3.8, 4) is 0 Å². The summed E-state index contributed by atoms with van der Waals surface area (Å²) in [6.45, 7) is 8.48. The number of hydrogen-bond acceptors (Lipinski definition) is 14. The zero-order valence-electron chi connectivity index (χ0n) is 33.9. The Labute approximate surface area is 357 Å². The minimum Gasteiger partial charge on any atom is -0.371 e. The molecule has 6 aliphatic rings. The highest BCUT2D eigenvalue weighted by atomic mass is 35.5. The van der Waals surface area contributed by atoms with E-state index in [1.165, 1.54) is 0 Å². The van der Waals surface area contributed by atoms with Crippen molar-refractivity contribution in [2.75, 3.05) is 99.1 Å². The number of rotatable bonds is 10. The number of carbonyl (C=O) groups is 6. The number of anilines is 5. The van der Waals surface area contributed by atoms with Crippen LogP contribution in [-0.2, 0) is 9.59 Å². The lowest BCUT2D eigenvalue weighted by Gasteiger charge is -2.37. The summed E-state index contributed by atoms with van der Waals surface area (Å²) in [7, 11) is 1.81. The van der Waals surface area contributed by atoms with Crippen LogP contribution in [0, 0.1) is 5.92 Å². The van der Waals surface area contributed by atoms with Gasteiger partial charge in [-0.2, -0.15) is 4.98 Å². The van der Waals surface area contributed by atoms with Crippen molar-refractivity contribution in [1.29, 1.82) is 0 Å². The second-order valence-electron chi connectivity index (χ2n) is 16.7. The Kier molecular flexibility index (Phi) is 10.9. The lowest BCUT2D eigenvalue weighted by molar-refractivity contribution is -0.136. The molecule has 3 aromatic rings.